The zero-order valence-electron chi connectivity index (χ0n) is 13.9. The molecule has 2 heteroatoms. The van der Waals surface area contributed by atoms with E-state index in [1.165, 1.54) is 43.5 Å². The maximum atomic E-state index is 3.58. The summed E-state index contributed by atoms with van der Waals surface area (Å²) in [5, 5.41) is 3.58. The molecular weight excluding hydrogens is 256 g/mol. The van der Waals surface area contributed by atoms with Crippen molar-refractivity contribution in [2.75, 3.05) is 13.1 Å². The molecule has 1 saturated heterocycles. The zero-order chi connectivity index (χ0) is 14.9. The number of rotatable bonds is 5. The van der Waals surface area contributed by atoms with Crippen molar-refractivity contribution in [3.8, 4) is 0 Å². The first-order valence-electron chi connectivity index (χ1n) is 8.54. The lowest BCUT2D eigenvalue weighted by Crippen LogP contribution is -2.25. The van der Waals surface area contributed by atoms with E-state index in [2.05, 4.69) is 55.3 Å². The smallest absolute Gasteiger partial charge is 0.0233 e. The van der Waals surface area contributed by atoms with Crippen LogP contribution in [0, 0.1) is 11.3 Å². The number of hydrogen-bond donors (Lipinski definition) is 1. The van der Waals surface area contributed by atoms with Crippen LogP contribution in [0.15, 0.2) is 24.3 Å². The molecule has 1 saturated carbocycles. The van der Waals surface area contributed by atoms with Crippen LogP contribution in [-0.4, -0.2) is 24.0 Å². The first-order chi connectivity index (χ1) is 10.0. The number of hydrogen-bond acceptors (Lipinski definition) is 2. The summed E-state index contributed by atoms with van der Waals surface area (Å²) in [5.41, 5.74) is 3.33. The van der Waals surface area contributed by atoms with Gasteiger partial charge in [0.15, 0.2) is 0 Å². The quantitative estimate of drug-likeness (QED) is 0.885. The molecule has 1 aliphatic heterocycles. The molecule has 116 valence electrons. The molecule has 1 aromatic carbocycles. The number of benzene rings is 1. The van der Waals surface area contributed by atoms with Gasteiger partial charge in [-0.15, -0.1) is 0 Å². The molecule has 1 aromatic rings. The van der Waals surface area contributed by atoms with Gasteiger partial charge in [-0.1, -0.05) is 45.0 Å². The van der Waals surface area contributed by atoms with Crippen molar-refractivity contribution in [3.63, 3.8) is 0 Å². The van der Waals surface area contributed by atoms with Crippen LogP contribution >= 0.6 is 0 Å². The van der Waals surface area contributed by atoms with Crippen LogP contribution in [0.5, 0.6) is 0 Å². The molecule has 0 spiro atoms. The Kier molecular flexibility index (Phi) is 4.37. The summed E-state index contributed by atoms with van der Waals surface area (Å²) in [6.07, 6.45) is 4.08. The maximum Gasteiger partial charge on any atom is 0.0233 e. The predicted octanol–water partition coefficient (Wildman–Crippen LogP) is 3.81. The van der Waals surface area contributed by atoms with Crippen molar-refractivity contribution in [2.45, 2.75) is 59.2 Å². The van der Waals surface area contributed by atoms with Gasteiger partial charge >= 0.3 is 0 Å². The van der Waals surface area contributed by atoms with Gasteiger partial charge in [-0.25, -0.2) is 0 Å². The van der Waals surface area contributed by atoms with E-state index in [-0.39, 0.29) is 0 Å². The highest BCUT2D eigenvalue weighted by atomic mass is 15.1. The molecule has 0 bridgehead atoms. The van der Waals surface area contributed by atoms with Gasteiger partial charge in [0.05, 0.1) is 0 Å². The van der Waals surface area contributed by atoms with E-state index in [1.54, 1.807) is 0 Å². The van der Waals surface area contributed by atoms with Gasteiger partial charge in [0.1, 0.15) is 0 Å². The van der Waals surface area contributed by atoms with Gasteiger partial charge in [0, 0.05) is 25.7 Å². The monoisotopic (exact) mass is 286 g/mol. The van der Waals surface area contributed by atoms with Gasteiger partial charge in [-0.2, -0.15) is 0 Å². The third kappa shape index (κ3) is 4.31. The molecule has 3 rings (SSSR count). The number of nitrogens with one attached hydrogen (secondary N) is 1. The average Bonchev–Trinajstić information content (AvgIpc) is 3.14. The Morgan fingerprint density at radius 3 is 2.29 bits per heavy atom. The Morgan fingerprint density at radius 2 is 1.71 bits per heavy atom. The molecule has 1 unspecified atom stereocenters. The molecule has 2 nitrogen and oxygen atoms in total. The van der Waals surface area contributed by atoms with Crippen LogP contribution in [0.25, 0.3) is 0 Å². The van der Waals surface area contributed by atoms with Crippen molar-refractivity contribution in [3.05, 3.63) is 35.4 Å². The van der Waals surface area contributed by atoms with Crippen molar-refractivity contribution in [1.82, 2.24) is 10.2 Å². The predicted molar refractivity (Wildman–Crippen MR) is 89.1 cm³/mol. The van der Waals surface area contributed by atoms with Crippen molar-refractivity contribution < 1.29 is 0 Å². The molecule has 2 aliphatic rings. The van der Waals surface area contributed by atoms with E-state index in [1.807, 2.05) is 0 Å². The second-order valence-electron chi connectivity index (χ2n) is 8.06. The molecule has 0 aromatic heterocycles. The van der Waals surface area contributed by atoms with Crippen LogP contribution in [0.3, 0.4) is 0 Å². The fraction of sp³-hybridized carbons (Fsp3) is 0.684. The summed E-state index contributed by atoms with van der Waals surface area (Å²) in [4.78, 5) is 2.62. The van der Waals surface area contributed by atoms with Crippen LogP contribution in [-0.2, 0) is 13.1 Å². The van der Waals surface area contributed by atoms with Gasteiger partial charge in [0.2, 0.25) is 0 Å². The first kappa shape index (κ1) is 15.1. The normalized spacial score (nSPS) is 23.7. The molecule has 2 fully saturated rings. The average molecular weight is 286 g/mol. The minimum atomic E-state index is 0.451. The highest BCUT2D eigenvalue weighted by Crippen LogP contribution is 2.34. The summed E-state index contributed by atoms with van der Waals surface area (Å²) >= 11 is 0. The Hall–Kier alpha value is -0.860. The van der Waals surface area contributed by atoms with Crippen molar-refractivity contribution >= 4 is 0 Å². The molecule has 1 N–H and O–H groups in total. The number of likely N-dealkylation sites (tertiary alicyclic amines) is 1. The third-order valence-electron chi connectivity index (χ3n) is 5.10. The highest BCUT2D eigenvalue weighted by Gasteiger charge is 2.31. The lowest BCUT2D eigenvalue weighted by Gasteiger charge is -2.27. The first-order valence-corrected chi connectivity index (χ1v) is 8.54. The highest BCUT2D eigenvalue weighted by molar-refractivity contribution is 5.22. The second-order valence-corrected chi connectivity index (χ2v) is 8.06. The fourth-order valence-electron chi connectivity index (χ4n) is 3.25. The van der Waals surface area contributed by atoms with Gasteiger partial charge in [-0.05, 0) is 48.3 Å². The summed E-state index contributed by atoms with van der Waals surface area (Å²) in [6, 6.07) is 10.0. The van der Waals surface area contributed by atoms with Crippen LogP contribution < -0.4 is 5.32 Å². The van der Waals surface area contributed by atoms with E-state index in [0.29, 0.717) is 5.41 Å². The lowest BCUT2D eigenvalue weighted by molar-refractivity contribution is 0.226. The van der Waals surface area contributed by atoms with Gasteiger partial charge < -0.3 is 5.32 Å². The summed E-state index contributed by atoms with van der Waals surface area (Å²) in [7, 11) is 0. The lowest BCUT2D eigenvalue weighted by atomic mass is 9.80. The Bertz CT molecular complexity index is 453. The largest absolute Gasteiger partial charge is 0.310 e. The van der Waals surface area contributed by atoms with E-state index < -0.39 is 0 Å². The van der Waals surface area contributed by atoms with Crippen molar-refractivity contribution in [1.29, 1.82) is 0 Å². The minimum absolute atomic E-state index is 0.451. The van der Waals surface area contributed by atoms with E-state index >= 15 is 0 Å². The molecule has 0 amide bonds. The summed E-state index contributed by atoms with van der Waals surface area (Å²) < 4.78 is 0. The minimum Gasteiger partial charge on any atom is -0.310 e. The maximum absolute atomic E-state index is 3.58. The van der Waals surface area contributed by atoms with Gasteiger partial charge in [-0.3, -0.25) is 4.90 Å². The summed E-state index contributed by atoms with van der Waals surface area (Å²) in [5.74, 6) is 0.847. The summed E-state index contributed by atoms with van der Waals surface area (Å²) in [6.45, 7) is 11.8. The number of nitrogens with zero attached hydrogens (tertiary/aromatic N) is 1. The standard InChI is InChI=1S/C19H30N2/c1-19(2,3)17-10-11-21(14-17)13-16-6-4-15(5-7-16)12-20-18-8-9-18/h4-7,17-18,20H,8-14H2,1-3H3. The molecule has 1 aliphatic carbocycles. The van der Waals surface area contributed by atoms with E-state index in [9.17, 15) is 0 Å². The molecule has 1 heterocycles. The SMILES string of the molecule is CC(C)(C)C1CCN(Cc2ccc(CNC3CC3)cc2)C1. The van der Waals surface area contributed by atoms with Crippen LogP contribution in [0.1, 0.15) is 51.2 Å². The van der Waals surface area contributed by atoms with Crippen LogP contribution in [0.4, 0.5) is 0 Å². The van der Waals surface area contributed by atoms with Crippen LogP contribution in [0.2, 0.25) is 0 Å². The topological polar surface area (TPSA) is 15.3 Å². The van der Waals surface area contributed by atoms with E-state index in [0.717, 1.165) is 25.0 Å². The fourth-order valence-corrected chi connectivity index (χ4v) is 3.25. The molecule has 1 atom stereocenters. The Labute approximate surface area is 129 Å². The van der Waals surface area contributed by atoms with Crippen molar-refractivity contribution in [2.24, 2.45) is 11.3 Å². The third-order valence-corrected chi connectivity index (χ3v) is 5.10. The van der Waals surface area contributed by atoms with E-state index in [4.69, 9.17) is 0 Å². The Balaban J connectivity index is 1.48. The second kappa shape index (κ2) is 6.10. The van der Waals surface area contributed by atoms with Gasteiger partial charge in [0.25, 0.3) is 0 Å². The molecule has 0 radical (unpaired) electrons. The Morgan fingerprint density at radius 1 is 1.05 bits per heavy atom. The molecule has 21 heavy (non-hydrogen) atoms. The molecular formula is C19H30N2. The zero-order valence-corrected chi connectivity index (χ0v) is 13.9.